The van der Waals surface area contributed by atoms with E-state index in [1.165, 1.54) is 56.7 Å². The van der Waals surface area contributed by atoms with E-state index in [4.69, 9.17) is 5.26 Å². The van der Waals surface area contributed by atoms with Crippen molar-refractivity contribution in [3.05, 3.63) is 39.7 Å². The molecule has 2 aliphatic carbocycles. The lowest BCUT2D eigenvalue weighted by atomic mass is 9.88. The summed E-state index contributed by atoms with van der Waals surface area (Å²) in [6.07, 6.45) is 5.77. The molecule has 4 aromatic rings. The van der Waals surface area contributed by atoms with Gasteiger partial charge in [0.1, 0.15) is 11.2 Å². The van der Waals surface area contributed by atoms with Gasteiger partial charge in [-0.3, -0.25) is 4.90 Å². The third kappa shape index (κ3) is 2.84. The van der Waals surface area contributed by atoms with Gasteiger partial charge in [0.15, 0.2) is 5.65 Å². The normalized spacial score (nSPS) is 27.4. The average Bonchev–Trinajstić information content (AvgIpc) is 3.34. The summed E-state index contributed by atoms with van der Waals surface area (Å²) >= 11 is 2.00. The summed E-state index contributed by atoms with van der Waals surface area (Å²) in [6.45, 7) is 13.5. The van der Waals surface area contributed by atoms with Crippen molar-refractivity contribution < 1.29 is 0 Å². The zero-order valence-corrected chi connectivity index (χ0v) is 21.9. The highest BCUT2D eigenvalue weighted by atomic mass is 32.1. The highest BCUT2D eigenvalue weighted by Gasteiger charge is 2.68. The molecule has 1 aliphatic heterocycles. The Balaban J connectivity index is 1.31. The number of likely N-dealkylation sites (tertiary alicyclic amines) is 1. The molecule has 7 rings (SSSR count). The van der Waals surface area contributed by atoms with E-state index < -0.39 is 0 Å². The average molecular weight is 485 g/mol. The van der Waals surface area contributed by atoms with Gasteiger partial charge in [-0.15, -0.1) is 11.3 Å². The summed E-state index contributed by atoms with van der Waals surface area (Å²) in [5.74, 6) is 3.60. The Hall–Kier alpha value is -2.69. The van der Waals surface area contributed by atoms with Crippen LogP contribution in [0.2, 0.25) is 0 Å². The fraction of sp³-hybridized carbons (Fsp3) is 0.536. The van der Waals surface area contributed by atoms with Gasteiger partial charge in [-0.25, -0.2) is 9.50 Å². The van der Waals surface area contributed by atoms with Crippen LogP contribution in [0.15, 0.2) is 12.5 Å². The van der Waals surface area contributed by atoms with Crippen LogP contribution in [0.3, 0.4) is 0 Å². The van der Waals surface area contributed by atoms with E-state index >= 15 is 0 Å². The van der Waals surface area contributed by atoms with E-state index in [-0.39, 0.29) is 0 Å². The molecule has 1 N–H and O–H groups in total. The molecule has 4 aromatic heterocycles. The van der Waals surface area contributed by atoms with Crippen LogP contribution in [0.4, 0.5) is 0 Å². The number of aryl methyl sites for hydroxylation is 2. The SMILES string of the molecule is Cc1c(-c2[nH]c3sc([C@@H]4CC5C6C4CN(CCC#N)C56)c(C)c3c2C(C)C)cn2ncnc2c1C. The molecule has 0 radical (unpaired) electrons. The summed E-state index contributed by atoms with van der Waals surface area (Å²) in [5.41, 5.74) is 8.78. The number of hydrogen-bond donors (Lipinski definition) is 1. The number of rotatable bonds is 5. The van der Waals surface area contributed by atoms with Crippen LogP contribution in [-0.4, -0.2) is 43.6 Å². The summed E-state index contributed by atoms with van der Waals surface area (Å²) in [4.78, 5) is 13.9. The molecule has 5 atom stereocenters. The van der Waals surface area contributed by atoms with Gasteiger partial charge < -0.3 is 4.98 Å². The first-order chi connectivity index (χ1) is 16.9. The molecule has 1 saturated heterocycles. The van der Waals surface area contributed by atoms with Crippen molar-refractivity contribution >= 4 is 27.2 Å². The summed E-state index contributed by atoms with van der Waals surface area (Å²) in [5, 5.41) is 14.9. The van der Waals surface area contributed by atoms with Gasteiger partial charge in [-0.05, 0) is 79.0 Å². The molecular weight excluding hydrogens is 452 g/mol. The van der Waals surface area contributed by atoms with Crippen molar-refractivity contribution in [1.82, 2.24) is 24.5 Å². The zero-order chi connectivity index (χ0) is 24.2. The Bertz CT molecular complexity index is 1530. The van der Waals surface area contributed by atoms with Gasteiger partial charge in [0.2, 0.25) is 0 Å². The lowest BCUT2D eigenvalue weighted by molar-refractivity contribution is 0.280. The molecule has 0 amide bonds. The second-order valence-electron chi connectivity index (χ2n) is 11.3. The Morgan fingerprint density at radius 3 is 2.77 bits per heavy atom. The first kappa shape index (κ1) is 21.6. The third-order valence-corrected chi connectivity index (χ3v) is 10.7. The van der Waals surface area contributed by atoms with E-state index in [1.54, 1.807) is 11.2 Å². The molecule has 2 saturated carbocycles. The van der Waals surface area contributed by atoms with Crippen LogP contribution >= 0.6 is 11.3 Å². The fourth-order valence-electron chi connectivity index (χ4n) is 7.72. The third-order valence-electron chi connectivity index (χ3n) is 9.37. The standard InChI is InChI=1S/C28H32N6S/c1-13(2)21-22-16(5)26(17-9-18-23-20(17)10-33(25(18)23)8-6-7-29)35-28(22)32-24(21)19-11-34-27(30-12-31-34)15(4)14(19)3/h11-13,17-18,20,23,25,32H,6,8-10H2,1-5H3/t17-,18?,20?,23?,25?/m1/s1. The van der Waals surface area contributed by atoms with Crippen LogP contribution in [0.5, 0.6) is 0 Å². The van der Waals surface area contributed by atoms with Crippen molar-refractivity contribution in [3.8, 4) is 17.3 Å². The van der Waals surface area contributed by atoms with E-state index in [1.807, 2.05) is 15.9 Å². The molecule has 180 valence electrons. The summed E-state index contributed by atoms with van der Waals surface area (Å²) in [6, 6.07) is 3.12. The minimum atomic E-state index is 0.417. The quantitative estimate of drug-likeness (QED) is 0.381. The molecular formula is C28H32N6S. The zero-order valence-electron chi connectivity index (χ0n) is 21.1. The van der Waals surface area contributed by atoms with Crippen molar-refractivity contribution in [3.63, 3.8) is 0 Å². The number of fused-ring (bicyclic) bond motifs is 3. The molecule has 0 spiro atoms. The second-order valence-corrected chi connectivity index (χ2v) is 12.4. The number of nitrogens with zero attached hydrogens (tertiary/aromatic N) is 5. The Kier molecular flexibility index (Phi) is 4.57. The summed E-state index contributed by atoms with van der Waals surface area (Å²) < 4.78 is 1.91. The predicted molar refractivity (Wildman–Crippen MR) is 140 cm³/mol. The molecule has 35 heavy (non-hydrogen) atoms. The van der Waals surface area contributed by atoms with Crippen LogP contribution in [0.25, 0.3) is 27.1 Å². The number of hydrogen-bond acceptors (Lipinski definition) is 5. The van der Waals surface area contributed by atoms with Crippen molar-refractivity contribution in [2.75, 3.05) is 13.1 Å². The maximum absolute atomic E-state index is 9.06. The van der Waals surface area contributed by atoms with Gasteiger partial charge in [-0.1, -0.05) is 13.8 Å². The number of aromatic nitrogens is 4. The van der Waals surface area contributed by atoms with Crippen molar-refractivity contribution in [2.45, 2.75) is 65.3 Å². The number of pyridine rings is 1. The van der Waals surface area contributed by atoms with Gasteiger partial charge in [0, 0.05) is 47.6 Å². The molecule has 6 nitrogen and oxygen atoms in total. The Morgan fingerprint density at radius 1 is 1.20 bits per heavy atom. The minimum absolute atomic E-state index is 0.417. The summed E-state index contributed by atoms with van der Waals surface area (Å²) in [7, 11) is 0. The van der Waals surface area contributed by atoms with Gasteiger partial charge >= 0.3 is 0 Å². The lowest BCUT2D eigenvalue weighted by Crippen LogP contribution is -2.26. The fourth-order valence-corrected chi connectivity index (χ4v) is 9.14. The highest BCUT2D eigenvalue weighted by Crippen LogP contribution is 2.68. The number of H-pyrrole nitrogens is 1. The molecule has 5 heterocycles. The van der Waals surface area contributed by atoms with E-state index in [2.05, 4.69) is 66.9 Å². The molecule has 3 fully saturated rings. The van der Waals surface area contributed by atoms with Gasteiger partial charge in [-0.2, -0.15) is 10.4 Å². The van der Waals surface area contributed by atoms with Gasteiger partial charge in [0.05, 0.1) is 11.8 Å². The molecule has 4 unspecified atom stereocenters. The Labute approximate surface area is 210 Å². The van der Waals surface area contributed by atoms with E-state index in [9.17, 15) is 0 Å². The van der Waals surface area contributed by atoms with E-state index in [0.29, 0.717) is 18.3 Å². The largest absolute Gasteiger partial charge is 0.346 e. The maximum Gasteiger partial charge on any atom is 0.158 e. The first-order valence-corrected chi connectivity index (χ1v) is 13.8. The Morgan fingerprint density at radius 2 is 2.03 bits per heavy atom. The molecule has 7 heteroatoms. The number of aromatic amines is 1. The lowest BCUT2D eigenvalue weighted by Gasteiger charge is -2.20. The first-order valence-electron chi connectivity index (χ1n) is 13.0. The second kappa shape index (κ2) is 7.41. The monoisotopic (exact) mass is 484 g/mol. The van der Waals surface area contributed by atoms with Gasteiger partial charge in [0.25, 0.3) is 0 Å². The minimum Gasteiger partial charge on any atom is -0.346 e. The number of thiophene rings is 1. The number of nitrogens with one attached hydrogen (secondary N) is 1. The smallest absolute Gasteiger partial charge is 0.158 e. The van der Waals surface area contributed by atoms with Crippen LogP contribution in [0, 0.1) is 49.9 Å². The topological polar surface area (TPSA) is 73.0 Å². The van der Waals surface area contributed by atoms with Crippen molar-refractivity contribution in [1.29, 1.82) is 5.26 Å². The molecule has 0 bridgehead atoms. The predicted octanol–water partition coefficient (Wildman–Crippen LogP) is 5.94. The highest BCUT2D eigenvalue weighted by molar-refractivity contribution is 7.19. The van der Waals surface area contributed by atoms with Crippen LogP contribution < -0.4 is 0 Å². The van der Waals surface area contributed by atoms with Crippen LogP contribution in [-0.2, 0) is 0 Å². The number of nitriles is 1. The van der Waals surface area contributed by atoms with Crippen molar-refractivity contribution in [2.24, 2.45) is 17.8 Å². The van der Waals surface area contributed by atoms with E-state index in [0.717, 1.165) is 36.0 Å². The molecule has 0 aromatic carbocycles. The number of piperidine rings is 1. The molecule has 3 aliphatic rings. The van der Waals surface area contributed by atoms with Crippen LogP contribution in [0.1, 0.15) is 65.7 Å². The maximum atomic E-state index is 9.06.